The summed E-state index contributed by atoms with van der Waals surface area (Å²) in [5, 5.41) is 5.38. The summed E-state index contributed by atoms with van der Waals surface area (Å²) in [7, 11) is 1.61. The standard InChI is InChI=1S/C14H22N2O3/c1-12-3-5-13(6-4-12)7-8-15-14(17)16-11-19-10-9-18-2/h3-6H,7-11H2,1-2H3,(H2,15,16,17). The number of carbonyl (C=O) groups is 1. The molecule has 0 aliphatic heterocycles. The molecule has 0 aromatic heterocycles. The number of urea groups is 1. The molecule has 0 fully saturated rings. The van der Waals surface area contributed by atoms with Crippen LogP contribution in [0.1, 0.15) is 11.1 Å². The smallest absolute Gasteiger partial charge is 0.316 e. The summed E-state index contributed by atoms with van der Waals surface area (Å²) in [5.41, 5.74) is 2.45. The maximum atomic E-state index is 11.4. The van der Waals surface area contributed by atoms with Crippen molar-refractivity contribution in [1.29, 1.82) is 0 Å². The highest BCUT2D eigenvalue weighted by Crippen LogP contribution is 2.02. The summed E-state index contributed by atoms with van der Waals surface area (Å²) in [6, 6.07) is 8.06. The molecular formula is C14H22N2O3. The number of nitrogens with one attached hydrogen (secondary N) is 2. The number of hydrogen-bond donors (Lipinski definition) is 2. The number of amides is 2. The summed E-state index contributed by atoms with van der Waals surface area (Å²) >= 11 is 0. The quantitative estimate of drug-likeness (QED) is 0.553. The van der Waals surface area contributed by atoms with Crippen LogP contribution in [0, 0.1) is 6.92 Å². The van der Waals surface area contributed by atoms with Gasteiger partial charge in [-0.15, -0.1) is 0 Å². The van der Waals surface area contributed by atoms with Crippen molar-refractivity contribution in [2.45, 2.75) is 13.3 Å². The average Bonchev–Trinajstić information content (AvgIpc) is 2.41. The van der Waals surface area contributed by atoms with Gasteiger partial charge in [-0.2, -0.15) is 0 Å². The first-order valence-electron chi connectivity index (χ1n) is 6.36. The number of aryl methyl sites for hydroxylation is 1. The summed E-state index contributed by atoms with van der Waals surface area (Å²) in [6.07, 6.45) is 0.818. The molecular weight excluding hydrogens is 244 g/mol. The van der Waals surface area contributed by atoms with Crippen molar-refractivity contribution in [1.82, 2.24) is 10.6 Å². The van der Waals surface area contributed by atoms with E-state index in [1.165, 1.54) is 11.1 Å². The zero-order chi connectivity index (χ0) is 13.9. The van der Waals surface area contributed by atoms with Gasteiger partial charge in [-0.1, -0.05) is 29.8 Å². The van der Waals surface area contributed by atoms with E-state index < -0.39 is 0 Å². The molecule has 1 rings (SSSR count). The minimum absolute atomic E-state index is 0.194. The number of benzene rings is 1. The Hall–Kier alpha value is -1.59. The maximum Gasteiger partial charge on any atom is 0.316 e. The molecule has 2 amide bonds. The van der Waals surface area contributed by atoms with E-state index >= 15 is 0 Å². The average molecular weight is 266 g/mol. The fourth-order valence-electron chi connectivity index (χ4n) is 1.47. The zero-order valence-corrected chi connectivity index (χ0v) is 11.6. The van der Waals surface area contributed by atoms with Gasteiger partial charge < -0.3 is 20.1 Å². The Labute approximate surface area is 114 Å². The highest BCUT2D eigenvalue weighted by atomic mass is 16.5. The Kier molecular flexibility index (Phi) is 7.62. The second-order valence-electron chi connectivity index (χ2n) is 4.21. The lowest BCUT2D eigenvalue weighted by atomic mass is 10.1. The number of ether oxygens (including phenoxy) is 2. The third-order valence-electron chi connectivity index (χ3n) is 2.59. The van der Waals surface area contributed by atoms with Crippen LogP contribution in [-0.2, 0) is 15.9 Å². The molecule has 0 aliphatic carbocycles. The summed E-state index contributed by atoms with van der Waals surface area (Å²) in [4.78, 5) is 11.4. The normalized spacial score (nSPS) is 10.2. The predicted molar refractivity (Wildman–Crippen MR) is 74.1 cm³/mol. The van der Waals surface area contributed by atoms with Gasteiger partial charge in [0.25, 0.3) is 0 Å². The van der Waals surface area contributed by atoms with Gasteiger partial charge in [0.05, 0.1) is 13.2 Å². The lowest BCUT2D eigenvalue weighted by Gasteiger charge is -2.08. The molecule has 0 bridgehead atoms. The molecule has 0 radical (unpaired) electrons. The Morgan fingerprint density at radius 3 is 2.58 bits per heavy atom. The van der Waals surface area contributed by atoms with E-state index in [4.69, 9.17) is 9.47 Å². The Bertz CT molecular complexity index is 365. The van der Waals surface area contributed by atoms with E-state index in [0.29, 0.717) is 19.8 Å². The van der Waals surface area contributed by atoms with Gasteiger partial charge in [-0.3, -0.25) is 0 Å². The SMILES string of the molecule is COCCOCNC(=O)NCCc1ccc(C)cc1. The molecule has 0 spiro atoms. The molecule has 1 aromatic rings. The molecule has 0 atom stereocenters. The largest absolute Gasteiger partial charge is 0.382 e. The summed E-state index contributed by atoms with van der Waals surface area (Å²) in [6.45, 7) is 3.85. The van der Waals surface area contributed by atoms with Crippen molar-refractivity contribution < 1.29 is 14.3 Å². The molecule has 1 aromatic carbocycles. The van der Waals surface area contributed by atoms with Crippen LogP contribution < -0.4 is 10.6 Å². The van der Waals surface area contributed by atoms with Crippen LogP contribution in [0.25, 0.3) is 0 Å². The van der Waals surface area contributed by atoms with E-state index in [1.807, 2.05) is 0 Å². The topological polar surface area (TPSA) is 59.6 Å². The summed E-state index contributed by atoms with van der Waals surface area (Å²) in [5.74, 6) is 0. The number of hydrogen-bond acceptors (Lipinski definition) is 3. The molecule has 0 unspecified atom stereocenters. The molecule has 0 saturated heterocycles. The van der Waals surface area contributed by atoms with Crippen LogP contribution in [0.3, 0.4) is 0 Å². The van der Waals surface area contributed by atoms with Crippen LogP contribution >= 0.6 is 0 Å². The molecule has 5 nitrogen and oxygen atoms in total. The van der Waals surface area contributed by atoms with Crippen LogP contribution in [0.2, 0.25) is 0 Å². The van der Waals surface area contributed by atoms with E-state index in [-0.39, 0.29) is 12.8 Å². The Morgan fingerprint density at radius 1 is 1.16 bits per heavy atom. The van der Waals surface area contributed by atoms with Crippen molar-refractivity contribution in [3.63, 3.8) is 0 Å². The van der Waals surface area contributed by atoms with Gasteiger partial charge in [-0.05, 0) is 18.9 Å². The van der Waals surface area contributed by atoms with E-state index in [9.17, 15) is 4.79 Å². The van der Waals surface area contributed by atoms with Gasteiger partial charge in [0.1, 0.15) is 6.73 Å². The number of methoxy groups -OCH3 is 1. The van der Waals surface area contributed by atoms with Gasteiger partial charge in [0.2, 0.25) is 0 Å². The third-order valence-corrected chi connectivity index (χ3v) is 2.59. The van der Waals surface area contributed by atoms with Gasteiger partial charge >= 0.3 is 6.03 Å². The first-order valence-corrected chi connectivity index (χ1v) is 6.36. The Balaban J connectivity index is 2.05. The first kappa shape index (κ1) is 15.5. The van der Waals surface area contributed by atoms with Crippen LogP contribution in [0.15, 0.2) is 24.3 Å². The van der Waals surface area contributed by atoms with Crippen LogP contribution in [-0.4, -0.2) is 39.6 Å². The van der Waals surface area contributed by atoms with E-state index in [1.54, 1.807) is 7.11 Å². The maximum absolute atomic E-state index is 11.4. The lowest BCUT2D eigenvalue weighted by molar-refractivity contribution is 0.0643. The highest BCUT2D eigenvalue weighted by molar-refractivity contribution is 5.73. The van der Waals surface area contributed by atoms with Crippen molar-refractivity contribution >= 4 is 6.03 Å². The van der Waals surface area contributed by atoms with Gasteiger partial charge in [0.15, 0.2) is 0 Å². The van der Waals surface area contributed by atoms with E-state index in [2.05, 4.69) is 41.8 Å². The molecule has 0 heterocycles. The highest BCUT2D eigenvalue weighted by Gasteiger charge is 1.99. The molecule has 5 heteroatoms. The van der Waals surface area contributed by atoms with Crippen molar-refractivity contribution in [2.24, 2.45) is 0 Å². The van der Waals surface area contributed by atoms with Gasteiger partial charge in [-0.25, -0.2) is 4.79 Å². The predicted octanol–water partition coefficient (Wildman–Crippen LogP) is 1.46. The minimum atomic E-state index is -0.218. The number of carbonyl (C=O) groups excluding carboxylic acids is 1. The van der Waals surface area contributed by atoms with Crippen molar-refractivity contribution in [2.75, 3.05) is 33.6 Å². The number of rotatable bonds is 8. The second-order valence-corrected chi connectivity index (χ2v) is 4.21. The minimum Gasteiger partial charge on any atom is -0.382 e. The molecule has 19 heavy (non-hydrogen) atoms. The van der Waals surface area contributed by atoms with Crippen LogP contribution in [0.5, 0.6) is 0 Å². The monoisotopic (exact) mass is 266 g/mol. The van der Waals surface area contributed by atoms with Crippen LogP contribution in [0.4, 0.5) is 4.79 Å². The first-order chi connectivity index (χ1) is 9.22. The lowest BCUT2D eigenvalue weighted by Crippen LogP contribution is -2.38. The molecule has 0 aliphatic rings. The third kappa shape index (κ3) is 7.43. The molecule has 0 saturated carbocycles. The van der Waals surface area contributed by atoms with Gasteiger partial charge in [0, 0.05) is 13.7 Å². The van der Waals surface area contributed by atoms with E-state index in [0.717, 1.165) is 6.42 Å². The van der Waals surface area contributed by atoms with Crippen molar-refractivity contribution in [3.05, 3.63) is 35.4 Å². The fourth-order valence-corrected chi connectivity index (χ4v) is 1.47. The Morgan fingerprint density at radius 2 is 1.89 bits per heavy atom. The second kappa shape index (κ2) is 9.35. The fraction of sp³-hybridized carbons (Fsp3) is 0.500. The zero-order valence-electron chi connectivity index (χ0n) is 11.6. The molecule has 2 N–H and O–H groups in total. The summed E-state index contributed by atoms with van der Waals surface area (Å²) < 4.78 is 9.94. The molecule has 106 valence electrons. The van der Waals surface area contributed by atoms with Crippen molar-refractivity contribution in [3.8, 4) is 0 Å².